The number of sulfonamides is 1. The highest BCUT2D eigenvalue weighted by atomic mass is 32.2. The third-order valence-electron chi connectivity index (χ3n) is 3.43. The van der Waals surface area contributed by atoms with Gasteiger partial charge in [-0.1, -0.05) is 0 Å². The molecule has 112 valence electrons. The molecule has 0 aliphatic carbocycles. The second-order valence-corrected chi connectivity index (χ2v) is 7.12. The molecule has 0 aromatic rings. The Morgan fingerprint density at radius 2 is 1.89 bits per heavy atom. The van der Waals surface area contributed by atoms with Gasteiger partial charge in [-0.3, -0.25) is 9.69 Å². The third-order valence-corrected chi connectivity index (χ3v) is 4.79. The molecular formula is C11H24N4O3S. The highest BCUT2D eigenvalue weighted by Crippen LogP contribution is 2.14. The molecular weight excluding hydrogens is 268 g/mol. The molecule has 0 atom stereocenters. The van der Waals surface area contributed by atoms with E-state index < -0.39 is 15.6 Å². The number of hydrogen-bond acceptors (Lipinski definition) is 5. The molecule has 1 saturated heterocycles. The van der Waals surface area contributed by atoms with E-state index in [0.717, 1.165) is 26.2 Å². The summed E-state index contributed by atoms with van der Waals surface area (Å²) in [5.41, 5.74) is -0.620. The van der Waals surface area contributed by atoms with Gasteiger partial charge in [0.25, 0.3) is 0 Å². The fourth-order valence-electron chi connectivity index (χ4n) is 1.98. The van der Waals surface area contributed by atoms with Crippen molar-refractivity contribution in [2.24, 2.45) is 0 Å². The van der Waals surface area contributed by atoms with Gasteiger partial charge in [0, 0.05) is 32.7 Å². The molecule has 0 unspecified atom stereocenters. The molecule has 1 rings (SSSR count). The topological polar surface area (TPSA) is 90.5 Å². The van der Waals surface area contributed by atoms with Gasteiger partial charge < -0.3 is 10.6 Å². The minimum absolute atomic E-state index is 0.104. The highest BCUT2D eigenvalue weighted by Gasteiger charge is 2.34. The van der Waals surface area contributed by atoms with Crippen LogP contribution in [-0.4, -0.2) is 70.3 Å². The Balaban J connectivity index is 2.47. The molecule has 0 radical (unpaired) electrons. The number of carbonyl (C=O) groups excluding carboxylic acids is 1. The highest BCUT2D eigenvalue weighted by molar-refractivity contribution is 7.89. The van der Waals surface area contributed by atoms with Crippen LogP contribution in [0.25, 0.3) is 0 Å². The summed E-state index contributed by atoms with van der Waals surface area (Å²) < 4.78 is 24.7. The van der Waals surface area contributed by atoms with Gasteiger partial charge in [-0.05, 0) is 20.9 Å². The van der Waals surface area contributed by atoms with Crippen molar-refractivity contribution in [3.05, 3.63) is 0 Å². The lowest BCUT2D eigenvalue weighted by atomic mass is 10.0. The van der Waals surface area contributed by atoms with Gasteiger partial charge in [-0.25, -0.2) is 13.1 Å². The minimum atomic E-state index is -3.27. The molecule has 8 heteroatoms. The maximum Gasteiger partial charge on any atom is 0.239 e. The normalized spacial score (nSPS) is 18.3. The number of hydrogen-bond donors (Lipinski definition) is 3. The number of piperazine rings is 1. The van der Waals surface area contributed by atoms with Crippen molar-refractivity contribution in [3.8, 4) is 0 Å². The van der Waals surface area contributed by atoms with E-state index in [-0.39, 0.29) is 18.2 Å². The molecule has 1 heterocycles. The Bertz CT molecular complexity index is 402. The molecule has 1 fully saturated rings. The van der Waals surface area contributed by atoms with E-state index in [2.05, 4.69) is 20.3 Å². The van der Waals surface area contributed by atoms with Crippen molar-refractivity contribution in [3.63, 3.8) is 0 Å². The van der Waals surface area contributed by atoms with Crippen molar-refractivity contribution < 1.29 is 13.2 Å². The van der Waals surface area contributed by atoms with Crippen molar-refractivity contribution in [1.82, 2.24) is 20.3 Å². The second kappa shape index (κ2) is 6.65. The van der Waals surface area contributed by atoms with Crippen LogP contribution in [0.4, 0.5) is 0 Å². The summed E-state index contributed by atoms with van der Waals surface area (Å²) in [6, 6.07) is 0. The van der Waals surface area contributed by atoms with E-state index in [0.29, 0.717) is 0 Å². The Labute approximate surface area is 115 Å². The van der Waals surface area contributed by atoms with Crippen molar-refractivity contribution >= 4 is 15.9 Å². The zero-order chi connectivity index (χ0) is 14.5. The van der Waals surface area contributed by atoms with E-state index >= 15 is 0 Å². The van der Waals surface area contributed by atoms with Gasteiger partial charge in [0.1, 0.15) is 0 Å². The van der Waals surface area contributed by atoms with Crippen LogP contribution in [0.2, 0.25) is 0 Å². The van der Waals surface area contributed by atoms with E-state index in [9.17, 15) is 13.2 Å². The van der Waals surface area contributed by atoms with E-state index in [1.54, 1.807) is 0 Å². The summed E-state index contributed by atoms with van der Waals surface area (Å²) in [5.74, 6) is -0.243. The first-order chi connectivity index (χ1) is 8.79. The molecule has 1 aliphatic rings. The molecule has 1 aliphatic heterocycles. The van der Waals surface area contributed by atoms with Crippen LogP contribution in [-0.2, 0) is 14.8 Å². The lowest BCUT2D eigenvalue weighted by Gasteiger charge is -2.39. The fraction of sp³-hybridized carbons (Fsp3) is 0.909. The predicted octanol–water partition coefficient (Wildman–Crippen LogP) is -1.66. The molecule has 0 aromatic carbocycles. The van der Waals surface area contributed by atoms with E-state index in [4.69, 9.17) is 0 Å². The van der Waals surface area contributed by atoms with Crippen LogP contribution in [0.3, 0.4) is 0 Å². The summed E-state index contributed by atoms with van der Waals surface area (Å²) in [4.78, 5) is 14.3. The Kier molecular flexibility index (Phi) is 5.72. The number of amides is 1. The Morgan fingerprint density at radius 1 is 1.32 bits per heavy atom. The van der Waals surface area contributed by atoms with Crippen molar-refractivity contribution in [1.29, 1.82) is 0 Å². The predicted molar refractivity (Wildman–Crippen MR) is 74.4 cm³/mol. The van der Waals surface area contributed by atoms with Crippen LogP contribution in [0, 0.1) is 0 Å². The summed E-state index contributed by atoms with van der Waals surface area (Å²) in [6.45, 7) is 7.21. The van der Waals surface area contributed by atoms with Crippen molar-refractivity contribution in [2.75, 3.05) is 45.5 Å². The zero-order valence-corrected chi connectivity index (χ0v) is 12.6. The van der Waals surface area contributed by atoms with Gasteiger partial charge >= 0.3 is 0 Å². The largest absolute Gasteiger partial charge is 0.353 e. The lowest BCUT2D eigenvalue weighted by molar-refractivity contribution is -0.132. The Morgan fingerprint density at radius 3 is 2.42 bits per heavy atom. The van der Waals surface area contributed by atoms with Crippen LogP contribution in [0.5, 0.6) is 0 Å². The van der Waals surface area contributed by atoms with Gasteiger partial charge in [0.05, 0.1) is 11.3 Å². The number of nitrogens with zero attached hydrogens (tertiary/aromatic N) is 1. The van der Waals surface area contributed by atoms with Gasteiger partial charge in [-0.15, -0.1) is 0 Å². The van der Waals surface area contributed by atoms with Gasteiger partial charge in [0.15, 0.2) is 0 Å². The first-order valence-electron chi connectivity index (χ1n) is 6.45. The van der Waals surface area contributed by atoms with E-state index in [1.807, 2.05) is 13.8 Å². The molecule has 19 heavy (non-hydrogen) atoms. The zero-order valence-electron chi connectivity index (χ0n) is 11.8. The maximum atomic E-state index is 12.1. The van der Waals surface area contributed by atoms with Crippen LogP contribution in [0.1, 0.15) is 13.8 Å². The second-order valence-electron chi connectivity index (χ2n) is 5.07. The summed E-state index contributed by atoms with van der Waals surface area (Å²) in [7, 11) is -1.91. The molecule has 1 amide bonds. The summed E-state index contributed by atoms with van der Waals surface area (Å²) >= 11 is 0. The molecule has 7 nitrogen and oxygen atoms in total. The maximum absolute atomic E-state index is 12.1. The minimum Gasteiger partial charge on any atom is -0.353 e. The average Bonchev–Trinajstić information content (AvgIpc) is 2.39. The smallest absolute Gasteiger partial charge is 0.239 e. The van der Waals surface area contributed by atoms with Gasteiger partial charge in [-0.2, -0.15) is 0 Å². The molecule has 3 N–H and O–H groups in total. The molecule has 0 spiro atoms. The molecule has 0 saturated carbocycles. The van der Waals surface area contributed by atoms with Gasteiger partial charge in [0.2, 0.25) is 15.9 Å². The average molecular weight is 292 g/mol. The summed E-state index contributed by atoms with van der Waals surface area (Å²) in [6.07, 6.45) is 0. The first kappa shape index (κ1) is 16.4. The fourth-order valence-corrected chi connectivity index (χ4v) is 2.56. The Hall–Kier alpha value is -0.700. The number of rotatable bonds is 6. The monoisotopic (exact) mass is 292 g/mol. The van der Waals surface area contributed by atoms with Crippen LogP contribution < -0.4 is 15.4 Å². The number of nitrogens with one attached hydrogen (secondary N) is 3. The lowest BCUT2D eigenvalue weighted by Crippen LogP contribution is -2.60. The van der Waals surface area contributed by atoms with Crippen molar-refractivity contribution in [2.45, 2.75) is 19.4 Å². The number of carbonyl (C=O) groups is 1. The quantitative estimate of drug-likeness (QED) is 0.545. The third kappa shape index (κ3) is 4.72. The SMILES string of the molecule is CNS(=O)(=O)CCNC(=O)C(C)(C)N1CCNCC1. The standard InChI is InChI=1S/C11H24N4O3S/c1-11(2,15-7-4-13-5-8-15)10(16)14-6-9-19(17,18)12-3/h12-13H,4-9H2,1-3H3,(H,14,16). The van der Waals surface area contributed by atoms with E-state index in [1.165, 1.54) is 7.05 Å². The molecule has 0 bridgehead atoms. The first-order valence-corrected chi connectivity index (χ1v) is 8.10. The molecule has 0 aromatic heterocycles. The van der Waals surface area contributed by atoms with Crippen LogP contribution >= 0.6 is 0 Å². The summed E-state index contributed by atoms with van der Waals surface area (Å²) in [5, 5.41) is 5.93. The van der Waals surface area contributed by atoms with Crippen LogP contribution in [0.15, 0.2) is 0 Å².